The van der Waals surface area contributed by atoms with Gasteiger partial charge in [-0.3, -0.25) is 0 Å². The minimum atomic E-state index is 0.474. The Morgan fingerprint density at radius 2 is 2.20 bits per heavy atom. The standard InChI is InChI=1S/C15H19ClN2OS/c1-11(2)17-7-15-18-14(10-20-15)9-19-8-12-4-3-5-13(16)6-12/h3-6,10-11,17H,7-9H2,1-2H3. The van der Waals surface area contributed by atoms with Gasteiger partial charge < -0.3 is 10.1 Å². The molecule has 0 unspecified atom stereocenters. The molecule has 0 saturated carbocycles. The summed E-state index contributed by atoms with van der Waals surface area (Å²) in [6, 6.07) is 8.19. The fourth-order valence-electron chi connectivity index (χ4n) is 1.69. The van der Waals surface area contributed by atoms with Crippen LogP contribution in [0.3, 0.4) is 0 Å². The summed E-state index contributed by atoms with van der Waals surface area (Å²) in [5, 5.41) is 7.24. The number of nitrogens with one attached hydrogen (secondary N) is 1. The number of hydrogen-bond acceptors (Lipinski definition) is 4. The molecule has 0 aliphatic heterocycles. The number of benzene rings is 1. The predicted molar refractivity (Wildman–Crippen MR) is 84.0 cm³/mol. The fourth-order valence-corrected chi connectivity index (χ4v) is 2.63. The minimum Gasteiger partial charge on any atom is -0.370 e. The number of rotatable bonds is 7. The van der Waals surface area contributed by atoms with Gasteiger partial charge in [-0.15, -0.1) is 11.3 Å². The molecule has 1 heterocycles. The van der Waals surface area contributed by atoms with E-state index in [4.69, 9.17) is 16.3 Å². The number of ether oxygens (including phenoxy) is 1. The van der Waals surface area contributed by atoms with E-state index in [2.05, 4.69) is 29.5 Å². The van der Waals surface area contributed by atoms with E-state index in [0.29, 0.717) is 19.3 Å². The van der Waals surface area contributed by atoms with Crippen LogP contribution < -0.4 is 5.32 Å². The molecule has 2 aromatic rings. The van der Waals surface area contributed by atoms with Crippen molar-refractivity contribution < 1.29 is 4.74 Å². The Morgan fingerprint density at radius 1 is 1.35 bits per heavy atom. The average Bonchev–Trinajstić information content (AvgIpc) is 2.84. The van der Waals surface area contributed by atoms with Gasteiger partial charge in [-0.1, -0.05) is 37.6 Å². The third-order valence-corrected chi connectivity index (χ3v) is 3.80. The number of hydrogen-bond donors (Lipinski definition) is 1. The monoisotopic (exact) mass is 310 g/mol. The second-order valence-corrected chi connectivity index (χ2v) is 6.27. The van der Waals surface area contributed by atoms with E-state index in [0.717, 1.165) is 27.8 Å². The highest BCUT2D eigenvalue weighted by atomic mass is 35.5. The highest BCUT2D eigenvalue weighted by molar-refractivity contribution is 7.09. The predicted octanol–water partition coefficient (Wildman–Crippen LogP) is 4.01. The number of thiazole rings is 1. The molecule has 0 fully saturated rings. The highest BCUT2D eigenvalue weighted by Crippen LogP contribution is 2.14. The molecule has 2 rings (SSSR count). The molecule has 0 aliphatic rings. The molecular weight excluding hydrogens is 292 g/mol. The van der Waals surface area contributed by atoms with Gasteiger partial charge in [0.05, 0.1) is 18.9 Å². The van der Waals surface area contributed by atoms with Gasteiger partial charge in [0.25, 0.3) is 0 Å². The summed E-state index contributed by atoms with van der Waals surface area (Å²) in [5.41, 5.74) is 2.06. The lowest BCUT2D eigenvalue weighted by Gasteiger charge is -2.05. The van der Waals surface area contributed by atoms with Gasteiger partial charge in [0.1, 0.15) is 5.01 Å². The molecule has 0 atom stereocenters. The van der Waals surface area contributed by atoms with Crippen molar-refractivity contribution in [3.63, 3.8) is 0 Å². The van der Waals surface area contributed by atoms with E-state index in [-0.39, 0.29) is 0 Å². The molecule has 0 spiro atoms. The fraction of sp³-hybridized carbons (Fsp3) is 0.400. The van der Waals surface area contributed by atoms with Gasteiger partial charge in [0.15, 0.2) is 0 Å². The van der Waals surface area contributed by atoms with Crippen LogP contribution in [0.4, 0.5) is 0 Å². The van der Waals surface area contributed by atoms with E-state index in [1.165, 1.54) is 0 Å². The van der Waals surface area contributed by atoms with Gasteiger partial charge in [-0.05, 0) is 17.7 Å². The van der Waals surface area contributed by atoms with Crippen LogP contribution in [-0.4, -0.2) is 11.0 Å². The van der Waals surface area contributed by atoms with Crippen molar-refractivity contribution in [1.29, 1.82) is 0 Å². The lowest BCUT2D eigenvalue weighted by Crippen LogP contribution is -2.21. The van der Waals surface area contributed by atoms with Crippen LogP contribution in [-0.2, 0) is 24.5 Å². The molecule has 5 heteroatoms. The van der Waals surface area contributed by atoms with E-state index in [9.17, 15) is 0 Å². The van der Waals surface area contributed by atoms with E-state index in [1.54, 1.807) is 11.3 Å². The first kappa shape index (κ1) is 15.4. The van der Waals surface area contributed by atoms with Crippen LogP contribution in [0.2, 0.25) is 5.02 Å². The van der Waals surface area contributed by atoms with Crippen molar-refractivity contribution >= 4 is 22.9 Å². The molecule has 3 nitrogen and oxygen atoms in total. The maximum absolute atomic E-state index is 5.93. The number of aromatic nitrogens is 1. The lowest BCUT2D eigenvalue weighted by molar-refractivity contribution is 0.105. The van der Waals surface area contributed by atoms with E-state index in [1.807, 2.05) is 24.3 Å². The number of nitrogens with zero attached hydrogens (tertiary/aromatic N) is 1. The third kappa shape index (κ3) is 5.21. The molecule has 20 heavy (non-hydrogen) atoms. The van der Waals surface area contributed by atoms with Crippen molar-refractivity contribution in [2.24, 2.45) is 0 Å². The largest absolute Gasteiger partial charge is 0.370 e. The zero-order valence-electron chi connectivity index (χ0n) is 11.7. The van der Waals surface area contributed by atoms with Gasteiger partial charge in [0.2, 0.25) is 0 Å². The van der Waals surface area contributed by atoms with Crippen LogP contribution in [0.5, 0.6) is 0 Å². The Morgan fingerprint density at radius 3 is 2.95 bits per heavy atom. The highest BCUT2D eigenvalue weighted by Gasteiger charge is 2.03. The lowest BCUT2D eigenvalue weighted by atomic mass is 10.2. The quantitative estimate of drug-likeness (QED) is 0.839. The van der Waals surface area contributed by atoms with Crippen molar-refractivity contribution in [1.82, 2.24) is 10.3 Å². The topological polar surface area (TPSA) is 34.2 Å². The maximum Gasteiger partial charge on any atom is 0.107 e. The summed E-state index contributed by atoms with van der Waals surface area (Å²) < 4.78 is 5.66. The van der Waals surface area contributed by atoms with E-state index < -0.39 is 0 Å². The van der Waals surface area contributed by atoms with Crippen LogP contribution >= 0.6 is 22.9 Å². The van der Waals surface area contributed by atoms with Crippen LogP contribution in [0, 0.1) is 0 Å². The molecule has 1 N–H and O–H groups in total. The van der Waals surface area contributed by atoms with Gasteiger partial charge in [0, 0.05) is 23.0 Å². The Kier molecular flexibility index (Phi) is 5.98. The zero-order chi connectivity index (χ0) is 14.4. The Hall–Kier alpha value is -0.940. The minimum absolute atomic E-state index is 0.474. The van der Waals surface area contributed by atoms with Gasteiger partial charge >= 0.3 is 0 Å². The van der Waals surface area contributed by atoms with Crippen LogP contribution in [0.15, 0.2) is 29.6 Å². The molecule has 0 bridgehead atoms. The first-order chi connectivity index (χ1) is 9.63. The first-order valence-electron chi connectivity index (χ1n) is 6.62. The van der Waals surface area contributed by atoms with Crippen LogP contribution in [0.1, 0.15) is 30.1 Å². The number of halogens is 1. The Balaban J connectivity index is 1.77. The molecule has 0 saturated heterocycles. The van der Waals surface area contributed by atoms with Gasteiger partial charge in [-0.25, -0.2) is 4.98 Å². The molecule has 0 aliphatic carbocycles. The second kappa shape index (κ2) is 7.74. The summed E-state index contributed by atoms with van der Waals surface area (Å²) in [7, 11) is 0. The van der Waals surface area contributed by atoms with E-state index >= 15 is 0 Å². The van der Waals surface area contributed by atoms with Gasteiger partial charge in [-0.2, -0.15) is 0 Å². The Bertz CT molecular complexity index is 542. The zero-order valence-corrected chi connectivity index (χ0v) is 13.3. The van der Waals surface area contributed by atoms with Crippen molar-refractivity contribution in [3.8, 4) is 0 Å². The molecule has 0 amide bonds. The van der Waals surface area contributed by atoms with Crippen molar-refractivity contribution in [2.75, 3.05) is 0 Å². The summed E-state index contributed by atoms with van der Waals surface area (Å²) in [5.74, 6) is 0. The Labute approximate surface area is 129 Å². The molecular formula is C15H19ClN2OS. The normalized spacial score (nSPS) is 11.2. The SMILES string of the molecule is CC(C)NCc1nc(COCc2cccc(Cl)c2)cs1. The third-order valence-electron chi connectivity index (χ3n) is 2.67. The van der Waals surface area contributed by atoms with Crippen molar-refractivity contribution in [2.45, 2.75) is 39.6 Å². The smallest absolute Gasteiger partial charge is 0.107 e. The molecule has 0 radical (unpaired) electrons. The molecule has 1 aromatic carbocycles. The summed E-state index contributed by atoms with van der Waals surface area (Å²) >= 11 is 7.60. The molecule has 108 valence electrons. The van der Waals surface area contributed by atoms with Crippen LogP contribution in [0.25, 0.3) is 0 Å². The molecule has 1 aromatic heterocycles. The van der Waals surface area contributed by atoms with Crippen molar-refractivity contribution in [3.05, 3.63) is 50.9 Å². The second-order valence-electron chi connectivity index (χ2n) is 4.89. The first-order valence-corrected chi connectivity index (χ1v) is 7.88. The summed E-state index contributed by atoms with van der Waals surface area (Å²) in [6.45, 7) is 6.16. The average molecular weight is 311 g/mol. The summed E-state index contributed by atoms with van der Waals surface area (Å²) in [6.07, 6.45) is 0. The summed E-state index contributed by atoms with van der Waals surface area (Å²) in [4.78, 5) is 4.54. The maximum atomic E-state index is 5.93.